The Hall–Kier alpha value is -1.59. The van der Waals surface area contributed by atoms with Crippen molar-refractivity contribution in [1.29, 1.82) is 0 Å². The lowest BCUT2D eigenvalue weighted by molar-refractivity contribution is -0.00570. The highest BCUT2D eigenvalue weighted by atomic mass is 35.5. The molecule has 0 aliphatic rings. The van der Waals surface area contributed by atoms with Crippen molar-refractivity contribution in [2.45, 2.75) is 26.5 Å². The van der Waals surface area contributed by atoms with Crippen LogP contribution < -0.4 is 0 Å². The Labute approximate surface area is 123 Å². The van der Waals surface area contributed by atoms with Crippen LogP contribution in [0.5, 0.6) is 5.75 Å². The Bertz CT molecular complexity index is 528. The van der Waals surface area contributed by atoms with Crippen molar-refractivity contribution in [2.24, 2.45) is 0 Å². The van der Waals surface area contributed by atoms with Crippen LogP contribution in [0.2, 0.25) is 5.02 Å². The van der Waals surface area contributed by atoms with Crippen molar-refractivity contribution < 1.29 is 19.4 Å². The van der Waals surface area contributed by atoms with E-state index in [1.807, 2.05) is 0 Å². The molecule has 1 atom stereocenters. The van der Waals surface area contributed by atoms with E-state index < -0.39 is 17.9 Å². The molecule has 5 nitrogen and oxygen atoms in total. The van der Waals surface area contributed by atoms with Crippen LogP contribution in [0.1, 0.15) is 41.0 Å². The number of phenols is 1. The first-order chi connectivity index (χ1) is 9.27. The Kier molecular flexibility index (Phi) is 5.53. The third kappa shape index (κ3) is 3.71. The maximum absolute atomic E-state index is 12.0. The fraction of sp³-hybridized carbons (Fsp3) is 0.429. The van der Waals surface area contributed by atoms with Crippen molar-refractivity contribution in [3.63, 3.8) is 0 Å². The highest BCUT2D eigenvalue weighted by Crippen LogP contribution is 2.29. The molecule has 6 heteroatoms. The van der Waals surface area contributed by atoms with Crippen LogP contribution in [0.3, 0.4) is 0 Å². The molecule has 1 rings (SSSR count). The molecular weight excluding hydrogens is 282 g/mol. The van der Waals surface area contributed by atoms with E-state index in [0.717, 1.165) is 0 Å². The highest BCUT2D eigenvalue weighted by molar-refractivity contribution is 6.31. The first-order valence-corrected chi connectivity index (χ1v) is 6.58. The minimum absolute atomic E-state index is 0.0319. The van der Waals surface area contributed by atoms with Gasteiger partial charge >= 0.3 is 5.97 Å². The number of Topliss-reactive ketones (excluding diaryl/α,β-unsaturated/α-hetero) is 1. The molecule has 0 spiro atoms. The number of hydrogen-bond donors (Lipinski definition) is 1. The van der Waals surface area contributed by atoms with E-state index in [1.54, 1.807) is 32.8 Å². The number of benzene rings is 1. The Morgan fingerprint density at radius 3 is 2.40 bits per heavy atom. The van der Waals surface area contributed by atoms with Crippen molar-refractivity contribution in [2.75, 3.05) is 14.1 Å². The smallest absolute Gasteiger partial charge is 0.343 e. The predicted molar refractivity (Wildman–Crippen MR) is 76.3 cm³/mol. The average molecular weight is 300 g/mol. The van der Waals surface area contributed by atoms with Crippen LogP contribution in [0, 0.1) is 0 Å². The molecule has 0 heterocycles. The second-order valence-corrected chi connectivity index (χ2v) is 5.03. The fourth-order valence-corrected chi connectivity index (χ4v) is 1.70. The molecule has 0 aromatic heterocycles. The van der Waals surface area contributed by atoms with Crippen LogP contribution in [-0.2, 0) is 4.74 Å². The van der Waals surface area contributed by atoms with E-state index in [2.05, 4.69) is 0 Å². The molecule has 1 N–H and O–H groups in total. The van der Waals surface area contributed by atoms with Crippen LogP contribution >= 0.6 is 11.6 Å². The van der Waals surface area contributed by atoms with Gasteiger partial charge in [-0.25, -0.2) is 4.79 Å². The van der Waals surface area contributed by atoms with Gasteiger partial charge in [0.1, 0.15) is 11.3 Å². The van der Waals surface area contributed by atoms with E-state index >= 15 is 0 Å². The van der Waals surface area contributed by atoms with E-state index in [1.165, 1.54) is 12.1 Å². The third-order valence-electron chi connectivity index (χ3n) is 2.92. The summed E-state index contributed by atoms with van der Waals surface area (Å²) >= 11 is 5.88. The number of halogens is 1. The van der Waals surface area contributed by atoms with Gasteiger partial charge in [0, 0.05) is 11.4 Å². The van der Waals surface area contributed by atoms with Crippen molar-refractivity contribution >= 4 is 23.4 Å². The number of phenolic OH excluding ortho intramolecular Hbond substituents is 1. The number of hydrogen-bond acceptors (Lipinski definition) is 5. The molecule has 110 valence electrons. The zero-order valence-corrected chi connectivity index (χ0v) is 12.7. The van der Waals surface area contributed by atoms with Crippen LogP contribution in [0.25, 0.3) is 0 Å². The van der Waals surface area contributed by atoms with Crippen molar-refractivity contribution in [3.05, 3.63) is 28.3 Å². The Morgan fingerprint density at radius 1 is 1.35 bits per heavy atom. The summed E-state index contributed by atoms with van der Waals surface area (Å²) in [5, 5.41) is 10.2. The molecule has 0 aliphatic carbocycles. The zero-order valence-electron chi connectivity index (χ0n) is 11.9. The number of nitrogens with zero attached hydrogens (tertiary/aromatic N) is 1. The summed E-state index contributed by atoms with van der Waals surface area (Å²) in [5.41, 5.74) is -0.0764. The summed E-state index contributed by atoms with van der Waals surface area (Å²) in [6.07, 6.45) is -0.262. The van der Waals surface area contributed by atoms with E-state index in [4.69, 9.17) is 16.3 Å². The molecule has 0 radical (unpaired) electrons. The van der Waals surface area contributed by atoms with Gasteiger partial charge in [0.25, 0.3) is 0 Å². The van der Waals surface area contributed by atoms with Gasteiger partial charge in [0.2, 0.25) is 0 Å². The second kappa shape index (κ2) is 6.72. The Balaban J connectivity index is 3.15. The molecule has 1 aromatic carbocycles. The number of aromatic hydroxyl groups is 1. The molecule has 0 saturated carbocycles. The van der Waals surface area contributed by atoms with E-state index in [9.17, 15) is 14.7 Å². The molecule has 0 fully saturated rings. The van der Waals surface area contributed by atoms with Gasteiger partial charge in [-0.15, -0.1) is 0 Å². The lowest BCUT2D eigenvalue weighted by Gasteiger charge is -2.20. The van der Waals surface area contributed by atoms with Crippen LogP contribution in [-0.4, -0.2) is 42.1 Å². The summed E-state index contributed by atoms with van der Waals surface area (Å²) in [6.45, 7) is 3.35. The van der Waals surface area contributed by atoms with Gasteiger partial charge in [-0.3, -0.25) is 9.69 Å². The molecule has 0 aliphatic heterocycles. The van der Waals surface area contributed by atoms with Gasteiger partial charge < -0.3 is 9.84 Å². The maximum atomic E-state index is 12.0. The summed E-state index contributed by atoms with van der Waals surface area (Å²) < 4.78 is 5.16. The fourth-order valence-electron chi connectivity index (χ4n) is 1.48. The molecule has 0 saturated heterocycles. The summed E-state index contributed by atoms with van der Waals surface area (Å²) in [4.78, 5) is 25.4. The molecule has 0 bridgehead atoms. The number of ether oxygens (including phenoxy) is 1. The number of rotatable bonds is 5. The van der Waals surface area contributed by atoms with Gasteiger partial charge in [-0.2, -0.15) is 0 Å². The summed E-state index contributed by atoms with van der Waals surface area (Å²) in [7, 11) is 3.50. The van der Waals surface area contributed by atoms with Crippen molar-refractivity contribution in [1.82, 2.24) is 4.90 Å². The van der Waals surface area contributed by atoms with Crippen LogP contribution in [0.15, 0.2) is 12.1 Å². The molecule has 1 aromatic rings. The standard InChI is InChI=1S/C14H18ClNO4/c1-5-12(17)10-6-9(15)7-11(13(10)18)14(19)20-8(2)16(3)4/h6-8,18H,5H2,1-4H3. The SMILES string of the molecule is CCC(=O)c1cc(Cl)cc(C(=O)OC(C)N(C)C)c1O. The van der Waals surface area contributed by atoms with Crippen molar-refractivity contribution in [3.8, 4) is 5.75 Å². The lowest BCUT2D eigenvalue weighted by atomic mass is 10.0. The van der Waals surface area contributed by atoms with Crippen LogP contribution in [0.4, 0.5) is 0 Å². The first kappa shape index (κ1) is 16.5. The number of carbonyl (C=O) groups is 2. The van der Waals surface area contributed by atoms with Gasteiger partial charge in [0.15, 0.2) is 12.0 Å². The monoisotopic (exact) mass is 299 g/mol. The van der Waals surface area contributed by atoms with E-state index in [-0.39, 0.29) is 28.4 Å². The molecular formula is C14H18ClNO4. The number of ketones is 1. The highest BCUT2D eigenvalue weighted by Gasteiger charge is 2.22. The number of carbonyl (C=O) groups excluding carboxylic acids is 2. The maximum Gasteiger partial charge on any atom is 0.343 e. The topological polar surface area (TPSA) is 66.8 Å². The largest absolute Gasteiger partial charge is 0.506 e. The lowest BCUT2D eigenvalue weighted by Crippen LogP contribution is -2.30. The number of esters is 1. The first-order valence-electron chi connectivity index (χ1n) is 6.21. The summed E-state index contributed by atoms with van der Waals surface area (Å²) in [6, 6.07) is 2.63. The average Bonchev–Trinajstić information content (AvgIpc) is 2.39. The minimum atomic E-state index is -0.726. The molecule has 20 heavy (non-hydrogen) atoms. The minimum Gasteiger partial charge on any atom is -0.506 e. The van der Waals surface area contributed by atoms with Gasteiger partial charge in [-0.05, 0) is 33.2 Å². The predicted octanol–water partition coefficient (Wildman–Crippen LogP) is 2.70. The third-order valence-corrected chi connectivity index (χ3v) is 3.14. The normalized spacial score (nSPS) is 12.3. The molecule has 0 amide bonds. The van der Waals surface area contributed by atoms with Gasteiger partial charge in [-0.1, -0.05) is 18.5 Å². The van der Waals surface area contributed by atoms with E-state index in [0.29, 0.717) is 0 Å². The molecule has 1 unspecified atom stereocenters. The quantitative estimate of drug-likeness (QED) is 0.514. The zero-order chi connectivity index (χ0) is 15.4. The summed E-state index contributed by atoms with van der Waals surface area (Å²) in [5.74, 6) is -1.41. The Morgan fingerprint density at radius 2 is 1.90 bits per heavy atom. The van der Waals surface area contributed by atoms with Gasteiger partial charge in [0.05, 0.1) is 5.56 Å². The second-order valence-electron chi connectivity index (χ2n) is 4.59.